The predicted octanol–water partition coefficient (Wildman–Crippen LogP) is 2.48. The van der Waals surface area contributed by atoms with Crippen molar-refractivity contribution in [3.8, 4) is 11.5 Å². The Labute approximate surface area is 165 Å². The Bertz CT molecular complexity index is 1020. The summed E-state index contributed by atoms with van der Waals surface area (Å²) in [7, 11) is 2.90. The lowest BCUT2D eigenvalue weighted by molar-refractivity contribution is -0.383. The van der Waals surface area contributed by atoms with Gasteiger partial charge in [0.1, 0.15) is 17.2 Å². The molecule has 2 amide bonds. The minimum absolute atomic E-state index is 0.0297. The minimum atomic E-state index is -0.591. The number of hydrogen-bond donors (Lipinski definition) is 2. The summed E-state index contributed by atoms with van der Waals surface area (Å²) in [5.41, 5.74) is 3.32. The zero-order valence-electron chi connectivity index (χ0n) is 15.7. The monoisotopic (exact) mass is 398 g/mol. The lowest BCUT2D eigenvalue weighted by atomic mass is 10.0. The number of nitrogens with zero attached hydrogens (tertiary/aromatic N) is 2. The number of hydrogen-bond acceptors (Lipinski definition) is 7. The van der Waals surface area contributed by atoms with Crippen molar-refractivity contribution in [1.29, 1.82) is 0 Å². The summed E-state index contributed by atoms with van der Waals surface area (Å²) in [6.07, 6.45) is 0.625. The fourth-order valence-corrected chi connectivity index (χ4v) is 2.83. The van der Waals surface area contributed by atoms with Crippen molar-refractivity contribution in [2.45, 2.75) is 12.8 Å². The zero-order chi connectivity index (χ0) is 21.0. The van der Waals surface area contributed by atoms with Gasteiger partial charge >= 0.3 is 0 Å². The molecule has 29 heavy (non-hydrogen) atoms. The number of carbonyl (C=O) groups excluding carboxylic acids is 2. The van der Waals surface area contributed by atoms with E-state index in [0.717, 1.165) is 0 Å². The molecule has 1 aliphatic rings. The Hall–Kier alpha value is -3.95. The minimum Gasteiger partial charge on any atom is -0.497 e. The molecule has 10 heteroatoms. The second kappa shape index (κ2) is 8.38. The zero-order valence-corrected chi connectivity index (χ0v) is 15.7. The molecule has 0 atom stereocenters. The molecule has 0 fully saturated rings. The molecular formula is C19H18N4O6. The van der Waals surface area contributed by atoms with Gasteiger partial charge < -0.3 is 14.8 Å². The van der Waals surface area contributed by atoms with Crippen molar-refractivity contribution < 1.29 is 24.0 Å². The summed E-state index contributed by atoms with van der Waals surface area (Å²) in [6.45, 7) is 0. The van der Waals surface area contributed by atoms with Crippen LogP contribution in [0.1, 0.15) is 28.8 Å². The van der Waals surface area contributed by atoms with Crippen LogP contribution in [0.3, 0.4) is 0 Å². The number of ether oxygens (including phenoxy) is 2. The van der Waals surface area contributed by atoms with E-state index in [0.29, 0.717) is 23.4 Å². The van der Waals surface area contributed by atoms with Gasteiger partial charge in [-0.15, -0.1) is 0 Å². The number of benzene rings is 2. The van der Waals surface area contributed by atoms with Crippen molar-refractivity contribution in [1.82, 2.24) is 5.43 Å². The van der Waals surface area contributed by atoms with Gasteiger partial charge in [-0.05, 0) is 18.2 Å². The van der Waals surface area contributed by atoms with E-state index in [1.54, 1.807) is 18.2 Å². The van der Waals surface area contributed by atoms with E-state index in [-0.39, 0.29) is 35.0 Å². The first-order valence-electron chi connectivity index (χ1n) is 8.60. The topological polar surface area (TPSA) is 132 Å². The van der Waals surface area contributed by atoms with E-state index in [1.807, 2.05) is 0 Å². The normalized spacial score (nSPS) is 13.2. The highest BCUT2D eigenvalue weighted by Gasteiger charge is 2.22. The van der Waals surface area contributed by atoms with Crippen molar-refractivity contribution in [2.75, 3.05) is 19.5 Å². The molecule has 1 heterocycles. The number of rotatable bonds is 6. The molecule has 150 valence electrons. The first-order valence-corrected chi connectivity index (χ1v) is 8.60. The van der Waals surface area contributed by atoms with Gasteiger partial charge in [0.15, 0.2) is 0 Å². The molecule has 0 aliphatic carbocycles. The second-order valence-corrected chi connectivity index (χ2v) is 6.10. The summed E-state index contributed by atoms with van der Waals surface area (Å²) in [5, 5.41) is 18.0. The third-order valence-corrected chi connectivity index (χ3v) is 4.33. The SMILES string of the molecule is COc1ccc(C(=O)Nc2ccc(C3=NNC(=O)CC3)cc2[N+](=O)[O-])c(OC)c1. The molecule has 0 aromatic heterocycles. The van der Waals surface area contributed by atoms with Crippen LogP contribution in [-0.2, 0) is 4.79 Å². The van der Waals surface area contributed by atoms with Crippen LogP contribution in [-0.4, -0.2) is 36.7 Å². The summed E-state index contributed by atoms with van der Waals surface area (Å²) >= 11 is 0. The molecule has 0 saturated carbocycles. The lowest BCUT2D eigenvalue weighted by Gasteiger charge is -2.14. The molecular weight excluding hydrogens is 380 g/mol. The molecule has 0 radical (unpaired) electrons. The van der Waals surface area contributed by atoms with Gasteiger partial charge in [-0.2, -0.15) is 5.10 Å². The van der Waals surface area contributed by atoms with Crippen LogP contribution in [0.15, 0.2) is 41.5 Å². The molecule has 0 spiro atoms. The fraction of sp³-hybridized carbons (Fsp3) is 0.211. The van der Waals surface area contributed by atoms with Crippen molar-refractivity contribution in [3.05, 3.63) is 57.6 Å². The molecule has 2 aromatic carbocycles. The number of anilines is 1. The average Bonchev–Trinajstić information content (AvgIpc) is 2.73. The number of methoxy groups -OCH3 is 2. The number of nitrogens with one attached hydrogen (secondary N) is 2. The fourth-order valence-electron chi connectivity index (χ4n) is 2.83. The molecule has 2 N–H and O–H groups in total. The van der Waals surface area contributed by atoms with E-state index < -0.39 is 10.8 Å². The molecule has 0 bridgehead atoms. The highest BCUT2D eigenvalue weighted by Crippen LogP contribution is 2.30. The van der Waals surface area contributed by atoms with Gasteiger partial charge in [0, 0.05) is 30.5 Å². The van der Waals surface area contributed by atoms with Crippen LogP contribution in [0.25, 0.3) is 0 Å². The maximum atomic E-state index is 12.7. The highest BCUT2D eigenvalue weighted by molar-refractivity contribution is 6.09. The van der Waals surface area contributed by atoms with E-state index in [1.165, 1.54) is 32.4 Å². The van der Waals surface area contributed by atoms with Crippen LogP contribution in [0.5, 0.6) is 11.5 Å². The summed E-state index contributed by atoms with van der Waals surface area (Å²) in [5.74, 6) is 0.00528. The Balaban J connectivity index is 1.90. The van der Waals surface area contributed by atoms with Gasteiger partial charge in [0.05, 0.1) is 30.4 Å². The average molecular weight is 398 g/mol. The van der Waals surface area contributed by atoms with Crippen LogP contribution >= 0.6 is 0 Å². The lowest BCUT2D eigenvalue weighted by Crippen LogP contribution is -2.26. The Morgan fingerprint density at radius 3 is 2.59 bits per heavy atom. The molecule has 0 saturated heterocycles. The van der Waals surface area contributed by atoms with Crippen LogP contribution in [0, 0.1) is 10.1 Å². The number of carbonyl (C=O) groups is 2. The Morgan fingerprint density at radius 1 is 1.17 bits per heavy atom. The third kappa shape index (κ3) is 4.32. The van der Waals surface area contributed by atoms with Gasteiger partial charge in [-0.1, -0.05) is 6.07 Å². The van der Waals surface area contributed by atoms with E-state index in [9.17, 15) is 19.7 Å². The van der Waals surface area contributed by atoms with E-state index >= 15 is 0 Å². The van der Waals surface area contributed by atoms with Crippen LogP contribution < -0.4 is 20.2 Å². The maximum Gasteiger partial charge on any atom is 0.293 e. The van der Waals surface area contributed by atoms with Crippen molar-refractivity contribution >= 4 is 28.9 Å². The van der Waals surface area contributed by atoms with Gasteiger partial charge in [-0.25, -0.2) is 5.43 Å². The van der Waals surface area contributed by atoms with E-state index in [4.69, 9.17) is 9.47 Å². The first-order chi connectivity index (χ1) is 13.9. The number of hydrazone groups is 1. The third-order valence-electron chi connectivity index (χ3n) is 4.33. The number of nitro benzene ring substituents is 1. The van der Waals surface area contributed by atoms with Gasteiger partial charge in [-0.3, -0.25) is 19.7 Å². The summed E-state index contributed by atoms with van der Waals surface area (Å²) in [4.78, 5) is 34.8. The highest BCUT2D eigenvalue weighted by atomic mass is 16.6. The second-order valence-electron chi connectivity index (χ2n) is 6.10. The van der Waals surface area contributed by atoms with Crippen molar-refractivity contribution in [2.24, 2.45) is 5.10 Å². The number of amides is 2. The van der Waals surface area contributed by atoms with Crippen molar-refractivity contribution in [3.63, 3.8) is 0 Å². The predicted molar refractivity (Wildman–Crippen MR) is 105 cm³/mol. The molecule has 3 rings (SSSR count). The molecule has 2 aromatic rings. The molecule has 10 nitrogen and oxygen atoms in total. The Kier molecular flexibility index (Phi) is 5.72. The molecule has 0 unspecified atom stereocenters. The summed E-state index contributed by atoms with van der Waals surface area (Å²) in [6, 6.07) is 8.99. The van der Waals surface area contributed by atoms with Gasteiger partial charge in [0.25, 0.3) is 11.6 Å². The Morgan fingerprint density at radius 2 is 1.97 bits per heavy atom. The summed E-state index contributed by atoms with van der Waals surface area (Å²) < 4.78 is 10.3. The quantitative estimate of drug-likeness (QED) is 0.567. The first kappa shape index (κ1) is 19.8. The van der Waals surface area contributed by atoms with Crippen LogP contribution in [0.2, 0.25) is 0 Å². The van der Waals surface area contributed by atoms with Crippen LogP contribution in [0.4, 0.5) is 11.4 Å². The maximum absolute atomic E-state index is 12.7. The standard InChI is InChI=1S/C19H18N4O6/c1-28-12-4-5-13(17(10-12)29-2)19(25)20-15-6-3-11(9-16(15)23(26)27)14-7-8-18(24)22-21-14/h3-6,9-10H,7-8H2,1-2H3,(H,20,25)(H,22,24). The van der Waals surface area contributed by atoms with E-state index in [2.05, 4.69) is 15.8 Å². The molecule has 1 aliphatic heterocycles. The number of nitro groups is 1. The van der Waals surface area contributed by atoms with Gasteiger partial charge in [0.2, 0.25) is 5.91 Å². The smallest absolute Gasteiger partial charge is 0.293 e. The largest absolute Gasteiger partial charge is 0.497 e.